The molecule has 0 heterocycles. The predicted molar refractivity (Wildman–Crippen MR) is 55.3 cm³/mol. The number of carbonyl (C=O) groups excluding carboxylic acids is 1. The first kappa shape index (κ1) is 11.8. The van der Waals surface area contributed by atoms with Crippen LogP contribution in [0.2, 0.25) is 0 Å². The van der Waals surface area contributed by atoms with Crippen molar-refractivity contribution in [3.05, 3.63) is 35.1 Å². The van der Waals surface area contributed by atoms with Crippen molar-refractivity contribution in [2.45, 2.75) is 13.0 Å². The molecule has 0 saturated heterocycles. The molecule has 0 aliphatic carbocycles. The third-order valence-corrected chi connectivity index (χ3v) is 2.15. The Morgan fingerprint density at radius 1 is 1.60 bits per heavy atom. The molecule has 3 nitrogen and oxygen atoms in total. The van der Waals surface area contributed by atoms with Crippen LogP contribution >= 0.6 is 0 Å². The van der Waals surface area contributed by atoms with E-state index in [4.69, 9.17) is 10.5 Å². The number of ether oxygens (including phenoxy) is 1. The van der Waals surface area contributed by atoms with Crippen molar-refractivity contribution in [2.24, 2.45) is 5.73 Å². The van der Waals surface area contributed by atoms with Gasteiger partial charge in [-0.25, -0.2) is 4.39 Å². The number of Topliss-reactive ketones (excluding diaryl/α,β-unsaturated/α-hetero) is 1. The summed E-state index contributed by atoms with van der Waals surface area (Å²) in [5, 5.41) is 0. The molecule has 82 valence electrons. The highest BCUT2D eigenvalue weighted by Crippen LogP contribution is 2.12. The van der Waals surface area contributed by atoms with Gasteiger partial charge in [-0.15, -0.1) is 0 Å². The lowest BCUT2D eigenvalue weighted by atomic mass is 10.0. The minimum absolute atomic E-state index is 0.134. The van der Waals surface area contributed by atoms with Crippen LogP contribution in [0.5, 0.6) is 0 Å². The lowest BCUT2D eigenvalue weighted by Crippen LogP contribution is -2.35. The summed E-state index contributed by atoms with van der Waals surface area (Å²) in [5.41, 5.74) is 6.62. The second kappa shape index (κ2) is 5.00. The zero-order chi connectivity index (χ0) is 11.4. The van der Waals surface area contributed by atoms with Crippen molar-refractivity contribution in [1.29, 1.82) is 0 Å². The van der Waals surface area contributed by atoms with E-state index in [1.807, 2.05) is 0 Å². The summed E-state index contributed by atoms with van der Waals surface area (Å²) in [4.78, 5) is 11.7. The van der Waals surface area contributed by atoms with Gasteiger partial charge < -0.3 is 10.5 Å². The van der Waals surface area contributed by atoms with Crippen LogP contribution in [0.1, 0.15) is 15.9 Å². The van der Waals surface area contributed by atoms with Gasteiger partial charge in [0, 0.05) is 12.7 Å². The van der Waals surface area contributed by atoms with Crippen molar-refractivity contribution in [2.75, 3.05) is 13.7 Å². The van der Waals surface area contributed by atoms with Crippen LogP contribution in [-0.2, 0) is 4.74 Å². The molecule has 15 heavy (non-hydrogen) atoms. The first-order valence-electron chi connectivity index (χ1n) is 4.61. The summed E-state index contributed by atoms with van der Waals surface area (Å²) in [5.74, 6) is -0.734. The first-order valence-corrected chi connectivity index (χ1v) is 4.61. The van der Waals surface area contributed by atoms with Crippen LogP contribution in [0.15, 0.2) is 18.2 Å². The SMILES string of the molecule is COCC(N)C(=O)c1cc(F)ccc1C. The second-order valence-electron chi connectivity index (χ2n) is 3.39. The van der Waals surface area contributed by atoms with Gasteiger partial charge in [0.1, 0.15) is 5.82 Å². The van der Waals surface area contributed by atoms with E-state index in [-0.39, 0.29) is 12.4 Å². The number of halogens is 1. The number of hydrogen-bond donors (Lipinski definition) is 1. The summed E-state index contributed by atoms with van der Waals surface area (Å²) >= 11 is 0. The molecule has 2 N–H and O–H groups in total. The molecule has 1 rings (SSSR count). The van der Waals surface area contributed by atoms with E-state index in [1.54, 1.807) is 13.0 Å². The van der Waals surface area contributed by atoms with E-state index in [2.05, 4.69) is 0 Å². The van der Waals surface area contributed by atoms with Crippen molar-refractivity contribution in [3.8, 4) is 0 Å². The molecule has 0 saturated carbocycles. The lowest BCUT2D eigenvalue weighted by molar-refractivity contribution is 0.0891. The van der Waals surface area contributed by atoms with Crippen molar-refractivity contribution in [3.63, 3.8) is 0 Å². The van der Waals surface area contributed by atoms with Gasteiger partial charge in [0.25, 0.3) is 0 Å². The zero-order valence-corrected chi connectivity index (χ0v) is 8.79. The molecule has 4 heteroatoms. The number of carbonyl (C=O) groups is 1. The maximum atomic E-state index is 12.9. The third-order valence-electron chi connectivity index (χ3n) is 2.15. The minimum Gasteiger partial charge on any atom is -0.383 e. The van der Waals surface area contributed by atoms with Crippen LogP contribution in [0, 0.1) is 12.7 Å². The van der Waals surface area contributed by atoms with Gasteiger partial charge in [0.05, 0.1) is 12.6 Å². The van der Waals surface area contributed by atoms with Gasteiger partial charge in [-0.2, -0.15) is 0 Å². The van der Waals surface area contributed by atoms with Crippen LogP contribution in [0.4, 0.5) is 4.39 Å². The fourth-order valence-electron chi connectivity index (χ4n) is 1.31. The van der Waals surface area contributed by atoms with Crippen molar-refractivity contribution < 1.29 is 13.9 Å². The number of rotatable bonds is 4. The molecule has 0 radical (unpaired) electrons. The van der Waals surface area contributed by atoms with Crippen LogP contribution < -0.4 is 5.73 Å². The third kappa shape index (κ3) is 2.84. The topological polar surface area (TPSA) is 52.3 Å². The molecular weight excluding hydrogens is 197 g/mol. The van der Waals surface area contributed by atoms with E-state index in [0.717, 1.165) is 0 Å². The Hall–Kier alpha value is -1.26. The van der Waals surface area contributed by atoms with Gasteiger partial charge >= 0.3 is 0 Å². The molecule has 0 aliphatic heterocycles. The largest absolute Gasteiger partial charge is 0.383 e. The van der Waals surface area contributed by atoms with Crippen molar-refractivity contribution in [1.82, 2.24) is 0 Å². The minimum atomic E-state index is -0.740. The van der Waals surface area contributed by atoms with Crippen LogP contribution in [0.3, 0.4) is 0 Å². The lowest BCUT2D eigenvalue weighted by Gasteiger charge is -2.11. The van der Waals surface area contributed by atoms with Gasteiger partial charge in [-0.05, 0) is 24.6 Å². The Morgan fingerprint density at radius 3 is 2.87 bits per heavy atom. The summed E-state index contributed by atoms with van der Waals surface area (Å²) in [6.45, 7) is 1.88. The first-order chi connectivity index (χ1) is 7.06. The highest BCUT2D eigenvalue weighted by molar-refractivity contribution is 6.01. The maximum Gasteiger partial charge on any atom is 0.182 e. The van der Waals surface area contributed by atoms with E-state index in [1.165, 1.54) is 19.2 Å². The van der Waals surface area contributed by atoms with E-state index in [0.29, 0.717) is 11.1 Å². The number of nitrogens with two attached hydrogens (primary N) is 1. The van der Waals surface area contributed by atoms with Crippen LogP contribution in [0.25, 0.3) is 0 Å². The van der Waals surface area contributed by atoms with E-state index < -0.39 is 11.9 Å². The average Bonchev–Trinajstić information content (AvgIpc) is 2.21. The number of methoxy groups -OCH3 is 1. The molecule has 0 fully saturated rings. The molecule has 0 aliphatic rings. The van der Waals surface area contributed by atoms with E-state index >= 15 is 0 Å². The smallest absolute Gasteiger partial charge is 0.182 e. The quantitative estimate of drug-likeness (QED) is 0.763. The normalized spacial score (nSPS) is 12.5. The Labute approximate surface area is 88.0 Å². The fourth-order valence-corrected chi connectivity index (χ4v) is 1.31. The van der Waals surface area contributed by atoms with Crippen molar-refractivity contribution >= 4 is 5.78 Å². The number of aryl methyl sites for hydroxylation is 1. The summed E-state index contributed by atoms with van der Waals surface area (Å²) < 4.78 is 17.7. The standard InChI is InChI=1S/C11H14FNO2/c1-7-3-4-8(12)5-9(7)11(14)10(13)6-15-2/h3-5,10H,6,13H2,1-2H3. The predicted octanol–water partition coefficient (Wildman–Crippen LogP) is 1.29. The fraction of sp³-hybridized carbons (Fsp3) is 0.364. The Balaban J connectivity index is 2.95. The molecule has 1 aromatic carbocycles. The van der Waals surface area contributed by atoms with Gasteiger partial charge in [-0.1, -0.05) is 6.07 Å². The Morgan fingerprint density at radius 2 is 2.27 bits per heavy atom. The molecular formula is C11H14FNO2. The molecule has 1 unspecified atom stereocenters. The summed E-state index contributed by atoms with van der Waals surface area (Å²) in [6.07, 6.45) is 0. The Bertz CT molecular complexity index is 366. The number of hydrogen-bond acceptors (Lipinski definition) is 3. The van der Waals surface area contributed by atoms with Gasteiger partial charge in [0.15, 0.2) is 5.78 Å². The second-order valence-corrected chi connectivity index (χ2v) is 3.39. The molecule has 0 spiro atoms. The molecule has 1 atom stereocenters. The molecule has 0 aromatic heterocycles. The van der Waals surface area contributed by atoms with Crippen LogP contribution in [-0.4, -0.2) is 25.5 Å². The molecule has 0 amide bonds. The number of ketones is 1. The molecule has 1 aromatic rings. The van der Waals surface area contributed by atoms with Gasteiger partial charge in [0.2, 0.25) is 0 Å². The summed E-state index contributed by atoms with van der Waals surface area (Å²) in [7, 11) is 1.46. The maximum absolute atomic E-state index is 12.9. The molecule has 0 bridgehead atoms. The highest BCUT2D eigenvalue weighted by atomic mass is 19.1. The highest BCUT2D eigenvalue weighted by Gasteiger charge is 2.17. The van der Waals surface area contributed by atoms with Gasteiger partial charge in [-0.3, -0.25) is 4.79 Å². The zero-order valence-electron chi connectivity index (χ0n) is 8.79. The monoisotopic (exact) mass is 211 g/mol. The summed E-state index contributed by atoms with van der Waals surface area (Å²) in [6, 6.07) is 3.33. The average molecular weight is 211 g/mol. The Kier molecular flexibility index (Phi) is 3.94. The van der Waals surface area contributed by atoms with E-state index in [9.17, 15) is 9.18 Å². The number of benzene rings is 1.